The molecule has 0 saturated heterocycles. The van der Waals surface area contributed by atoms with Crippen molar-refractivity contribution in [2.24, 2.45) is 0 Å². The van der Waals surface area contributed by atoms with Gasteiger partial charge in [0.2, 0.25) is 0 Å². The second-order valence-corrected chi connectivity index (χ2v) is 1.77. The summed E-state index contributed by atoms with van der Waals surface area (Å²) in [4.78, 5) is 16.4. The molecule has 0 amide bonds. The molecule has 0 unspecified atom stereocenters. The van der Waals surface area contributed by atoms with E-state index in [-0.39, 0.29) is 11.4 Å². The minimum Gasteiger partial charge on any atom is -0.757 e. The molecule has 54 valence electrons. The van der Waals surface area contributed by atoms with Crippen LogP contribution in [0.3, 0.4) is 0 Å². The zero-order valence-corrected chi connectivity index (χ0v) is 5.37. The predicted octanol–water partition coefficient (Wildman–Crippen LogP) is -0.296. The molecule has 0 fully saturated rings. The summed E-state index contributed by atoms with van der Waals surface area (Å²) in [6, 6.07) is 1.13. The molecule has 0 aliphatic carbocycles. The maximum absolute atomic E-state index is 10.5. The fraction of sp³-hybridized carbons (Fsp3) is 0.200. The highest BCUT2D eigenvalue weighted by atomic mass is 16.5. The normalized spacial score (nSPS) is 9.40. The Bertz CT molecular complexity index is 268. The molecule has 0 radical (unpaired) electrons. The van der Waals surface area contributed by atoms with Gasteiger partial charge in [0.25, 0.3) is 5.56 Å². The highest BCUT2D eigenvalue weighted by molar-refractivity contribution is 5.35. The summed E-state index contributed by atoms with van der Waals surface area (Å²) in [6.07, 6.45) is 1.19. The van der Waals surface area contributed by atoms with Gasteiger partial charge in [0.1, 0.15) is 5.82 Å². The molecule has 0 aromatic carbocycles. The van der Waals surface area contributed by atoms with Gasteiger partial charge in [-0.1, -0.05) is 0 Å². The number of hydroxylamine groups is 1. The average Bonchev–Trinajstić information content (AvgIpc) is 1.88. The first kappa shape index (κ1) is 6.76. The molecule has 0 spiro atoms. The van der Waals surface area contributed by atoms with Crippen LogP contribution in [0, 0.1) is 5.21 Å². The van der Waals surface area contributed by atoms with Crippen LogP contribution in [0.5, 0.6) is 0 Å². The van der Waals surface area contributed by atoms with Gasteiger partial charge in [-0.2, -0.15) is 0 Å². The molecule has 1 aromatic rings. The summed E-state index contributed by atoms with van der Waals surface area (Å²) >= 11 is 0. The van der Waals surface area contributed by atoms with E-state index in [0.717, 1.165) is 6.07 Å². The number of hydrogen-bond acceptors (Lipinski definition) is 4. The monoisotopic (exact) mass is 140 g/mol. The van der Waals surface area contributed by atoms with Gasteiger partial charge in [-0.05, 0) is 7.05 Å². The van der Waals surface area contributed by atoms with Gasteiger partial charge in [0.15, 0.2) is 0 Å². The van der Waals surface area contributed by atoms with Crippen molar-refractivity contribution in [2.45, 2.75) is 0 Å². The molecule has 0 saturated carbocycles. The van der Waals surface area contributed by atoms with Crippen molar-refractivity contribution in [1.29, 1.82) is 0 Å². The van der Waals surface area contributed by atoms with Gasteiger partial charge in [-0.15, -0.1) is 0 Å². The summed E-state index contributed by atoms with van der Waals surface area (Å²) in [5.74, 6) is 0.115. The SMILES string of the molecule is CN([O-])c1cc(=O)[nH]cn1. The Balaban J connectivity index is 3.07. The largest absolute Gasteiger partial charge is 0.757 e. The zero-order valence-electron chi connectivity index (χ0n) is 5.37. The van der Waals surface area contributed by atoms with E-state index in [0.29, 0.717) is 5.06 Å². The number of hydrogen-bond donors (Lipinski definition) is 1. The third-order valence-electron chi connectivity index (χ3n) is 0.986. The Morgan fingerprint density at radius 1 is 1.80 bits per heavy atom. The van der Waals surface area contributed by atoms with E-state index in [4.69, 9.17) is 0 Å². The maximum atomic E-state index is 10.5. The van der Waals surface area contributed by atoms with E-state index in [2.05, 4.69) is 9.97 Å². The second kappa shape index (κ2) is 2.49. The highest BCUT2D eigenvalue weighted by Gasteiger charge is 1.89. The van der Waals surface area contributed by atoms with Crippen molar-refractivity contribution in [3.8, 4) is 0 Å². The summed E-state index contributed by atoms with van der Waals surface area (Å²) in [6.45, 7) is 0. The number of aromatic nitrogens is 2. The Morgan fingerprint density at radius 2 is 2.50 bits per heavy atom. The van der Waals surface area contributed by atoms with Crippen molar-refractivity contribution in [3.05, 3.63) is 28.0 Å². The molecule has 1 N–H and O–H groups in total. The molecular weight excluding hydrogens is 134 g/mol. The molecule has 0 atom stereocenters. The van der Waals surface area contributed by atoms with E-state index in [1.807, 2.05) is 0 Å². The van der Waals surface area contributed by atoms with Crippen LogP contribution < -0.4 is 10.6 Å². The van der Waals surface area contributed by atoms with E-state index in [1.54, 1.807) is 0 Å². The lowest BCUT2D eigenvalue weighted by molar-refractivity contribution is 1.05. The second-order valence-electron chi connectivity index (χ2n) is 1.77. The van der Waals surface area contributed by atoms with E-state index in [9.17, 15) is 10.0 Å². The smallest absolute Gasteiger partial charge is 0.252 e. The lowest BCUT2D eigenvalue weighted by Crippen LogP contribution is -2.13. The Hall–Kier alpha value is -1.36. The molecule has 0 bridgehead atoms. The van der Waals surface area contributed by atoms with E-state index >= 15 is 0 Å². The number of aromatic amines is 1. The number of anilines is 1. The molecule has 0 aliphatic rings. The predicted molar refractivity (Wildman–Crippen MR) is 36.6 cm³/mol. The van der Waals surface area contributed by atoms with Crippen LogP contribution in [-0.2, 0) is 0 Å². The first-order valence-corrected chi connectivity index (χ1v) is 2.66. The van der Waals surface area contributed by atoms with Crippen LogP contribution in [0.25, 0.3) is 0 Å². The van der Waals surface area contributed by atoms with Crippen molar-refractivity contribution in [2.75, 3.05) is 12.1 Å². The van der Waals surface area contributed by atoms with E-state index < -0.39 is 0 Å². The molecule has 1 rings (SSSR count). The molecule has 0 aliphatic heterocycles. The first-order valence-electron chi connectivity index (χ1n) is 2.66. The van der Waals surface area contributed by atoms with Gasteiger partial charge >= 0.3 is 0 Å². The van der Waals surface area contributed by atoms with Crippen LogP contribution in [-0.4, -0.2) is 17.0 Å². The van der Waals surface area contributed by atoms with Crippen molar-refractivity contribution in [1.82, 2.24) is 9.97 Å². The summed E-state index contributed by atoms with van der Waals surface area (Å²) in [5.41, 5.74) is -0.326. The number of H-pyrrole nitrogens is 1. The third-order valence-corrected chi connectivity index (χ3v) is 0.986. The topological polar surface area (TPSA) is 72.0 Å². The van der Waals surface area contributed by atoms with Crippen molar-refractivity contribution >= 4 is 5.82 Å². The third kappa shape index (κ3) is 1.32. The van der Waals surface area contributed by atoms with Gasteiger partial charge in [-0.3, -0.25) is 4.79 Å². The average molecular weight is 140 g/mol. The number of nitrogens with zero attached hydrogens (tertiary/aromatic N) is 2. The van der Waals surface area contributed by atoms with Crippen molar-refractivity contribution in [3.63, 3.8) is 0 Å². The standard InChI is InChI=1S/C5H6N3O2/c1-8(10)4-2-5(9)7-3-6-4/h2-3H,1H3,(H,6,7,9)/q-1. The Labute approximate surface area is 56.9 Å². The van der Waals surface area contributed by atoms with Crippen LogP contribution in [0.4, 0.5) is 5.82 Å². The highest BCUT2D eigenvalue weighted by Crippen LogP contribution is 1.98. The van der Waals surface area contributed by atoms with Crippen LogP contribution in [0.1, 0.15) is 0 Å². The fourth-order valence-electron chi connectivity index (χ4n) is 0.530. The first-order chi connectivity index (χ1) is 4.70. The van der Waals surface area contributed by atoms with Gasteiger partial charge in [-0.25, -0.2) is 4.98 Å². The van der Waals surface area contributed by atoms with Crippen LogP contribution >= 0.6 is 0 Å². The van der Waals surface area contributed by atoms with Crippen LogP contribution in [0.15, 0.2) is 17.2 Å². The van der Waals surface area contributed by atoms with E-state index in [1.165, 1.54) is 13.4 Å². The molecule has 5 heteroatoms. The van der Waals surface area contributed by atoms with Crippen LogP contribution in [0.2, 0.25) is 0 Å². The lowest BCUT2D eigenvalue weighted by Gasteiger charge is -2.21. The molecular formula is C5H6N3O2-. The summed E-state index contributed by atoms with van der Waals surface area (Å²) in [7, 11) is 1.28. The maximum Gasteiger partial charge on any atom is 0.252 e. The van der Waals surface area contributed by atoms with Gasteiger partial charge in [0.05, 0.1) is 6.33 Å². The lowest BCUT2D eigenvalue weighted by atomic mass is 10.6. The summed E-state index contributed by atoms with van der Waals surface area (Å²) < 4.78 is 0. The minimum absolute atomic E-state index is 0.115. The molecule has 1 aromatic heterocycles. The zero-order chi connectivity index (χ0) is 7.56. The van der Waals surface area contributed by atoms with Gasteiger partial charge in [0, 0.05) is 6.07 Å². The quantitative estimate of drug-likeness (QED) is 0.544. The molecule has 1 heterocycles. The Morgan fingerprint density at radius 3 is 2.90 bits per heavy atom. The number of rotatable bonds is 1. The fourth-order valence-corrected chi connectivity index (χ4v) is 0.530. The Kier molecular flexibility index (Phi) is 1.68. The van der Waals surface area contributed by atoms with Gasteiger partial charge < -0.3 is 15.3 Å². The molecule has 10 heavy (non-hydrogen) atoms. The van der Waals surface area contributed by atoms with Crippen molar-refractivity contribution < 1.29 is 0 Å². The minimum atomic E-state index is -0.326. The number of nitrogens with one attached hydrogen (secondary N) is 1. The molecule has 5 nitrogen and oxygen atoms in total. The summed E-state index contributed by atoms with van der Waals surface area (Å²) in [5, 5.41) is 11.0.